The molecule has 3 aromatic rings. The molecule has 1 aliphatic carbocycles. The van der Waals surface area contributed by atoms with E-state index in [0.29, 0.717) is 67.8 Å². The Kier molecular flexibility index (Phi) is 10.7. The first-order chi connectivity index (χ1) is 29.3. The number of hydrogen-bond acceptors (Lipinski definition) is 12. The number of aromatic amines is 1. The van der Waals surface area contributed by atoms with E-state index in [4.69, 9.17) is 18.9 Å². The van der Waals surface area contributed by atoms with Crippen molar-refractivity contribution in [2.75, 3.05) is 52.4 Å². The van der Waals surface area contributed by atoms with Gasteiger partial charge in [0, 0.05) is 84.5 Å². The van der Waals surface area contributed by atoms with Gasteiger partial charge in [-0.25, -0.2) is 4.79 Å². The van der Waals surface area contributed by atoms with Crippen molar-refractivity contribution >= 4 is 53.1 Å². The Balaban J connectivity index is 1.49. The minimum Gasteiger partial charge on any atom is -0.496 e. The third-order valence-electron chi connectivity index (χ3n) is 14.7. The monoisotopic (exact) mass is 838 g/mol. The molecule has 2 aromatic carbocycles. The highest BCUT2D eigenvalue weighted by atomic mass is 16.6. The van der Waals surface area contributed by atoms with Crippen LogP contribution in [-0.4, -0.2) is 128 Å². The second-order valence-electron chi connectivity index (χ2n) is 17.3. The molecular weight excluding hydrogens is 785 g/mol. The van der Waals surface area contributed by atoms with E-state index in [-0.39, 0.29) is 37.3 Å². The highest BCUT2D eigenvalue weighted by molar-refractivity contribution is 5.97. The van der Waals surface area contributed by atoms with Gasteiger partial charge in [0.1, 0.15) is 16.9 Å². The molecule has 4 aliphatic heterocycles. The van der Waals surface area contributed by atoms with Gasteiger partial charge in [-0.1, -0.05) is 44.2 Å². The van der Waals surface area contributed by atoms with Crippen LogP contribution in [-0.2, 0) is 60.2 Å². The third-order valence-corrected chi connectivity index (χ3v) is 14.7. The van der Waals surface area contributed by atoms with E-state index >= 15 is 4.79 Å². The lowest BCUT2D eigenvalue weighted by molar-refractivity contribution is -0.228. The number of aliphatic hydroxyl groups is 1. The van der Waals surface area contributed by atoms with E-state index in [0.717, 1.165) is 30.0 Å². The van der Waals surface area contributed by atoms with Crippen LogP contribution in [0.4, 0.5) is 5.69 Å². The summed E-state index contributed by atoms with van der Waals surface area (Å²) in [6, 6.07) is 9.36. The summed E-state index contributed by atoms with van der Waals surface area (Å²) in [5.74, 6) is -2.76. The Morgan fingerprint density at radius 1 is 0.967 bits per heavy atom. The number of nitrogens with zero attached hydrogens (tertiary/aromatic N) is 3. The van der Waals surface area contributed by atoms with Gasteiger partial charge in [-0.2, -0.15) is 0 Å². The number of nitrogens with one attached hydrogen (secondary N) is 1. The molecular formula is C46H54N4O11. The largest absolute Gasteiger partial charge is 0.496 e. The highest BCUT2D eigenvalue weighted by Crippen LogP contribution is 2.68. The predicted molar refractivity (Wildman–Crippen MR) is 222 cm³/mol. The molecule has 61 heavy (non-hydrogen) atoms. The zero-order valence-corrected chi connectivity index (χ0v) is 35.5. The number of ketones is 1. The number of fused-ring (bicyclic) bond motifs is 4. The molecule has 1 saturated heterocycles. The van der Waals surface area contributed by atoms with Gasteiger partial charge >= 0.3 is 17.9 Å². The number of carbonyl (C=O) groups is 6. The number of rotatable bonds is 11. The van der Waals surface area contributed by atoms with Gasteiger partial charge in [0.05, 0.1) is 33.1 Å². The van der Waals surface area contributed by atoms with Crippen molar-refractivity contribution in [3.63, 3.8) is 0 Å². The van der Waals surface area contributed by atoms with E-state index < -0.39 is 63.9 Å². The number of anilines is 1. The molecule has 1 aromatic heterocycles. The van der Waals surface area contributed by atoms with Crippen LogP contribution < -0.4 is 9.64 Å². The van der Waals surface area contributed by atoms with E-state index in [1.807, 2.05) is 49.4 Å². The van der Waals surface area contributed by atoms with Crippen LogP contribution in [0.3, 0.4) is 0 Å². The summed E-state index contributed by atoms with van der Waals surface area (Å²) in [4.78, 5) is 91.2. The lowest BCUT2D eigenvalue weighted by atomic mass is 9.47. The fourth-order valence-corrected chi connectivity index (χ4v) is 12.5. The van der Waals surface area contributed by atoms with Crippen LogP contribution in [0.15, 0.2) is 48.6 Å². The maximum Gasteiger partial charge on any atom is 0.344 e. The number of H-pyrrole nitrogens is 1. The molecule has 1 unspecified atom stereocenters. The predicted octanol–water partition coefficient (Wildman–Crippen LogP) is 3.50. The van der Waals surface area contributed by atoms with Crippen molar-refractivity contribution in [3.05, 3.63) is 70.9 Å². The number of hydrogen-bond donors (Lipinski definition) is 2. The Bertz CT molecular complexity index is 2340. The minimum absolute atomic E-state index is 0.0242. The summed E-state index contributed by atoms with van der Waals surface area (Å²) in [5, 5.41) is 14.1. The van der Waals surface area contributed by atoms with Crippen molar-refractivity contribution in [1.29, 1.82) is 0 Å². The van der Waals surface area contributed by atoms with Gasteiger partial charge in [0.2, 0.25) is 18.4 Å². The van der Waals surface area contributed by atoms with E-state index in [1.54, 1.807) is 17.9 Å². The molecule has 1 saturated carbocycles. The lowest BCUT2D eigenvalue weighted by Crippen LogP contribution is -2.81. The average molecular weight is 839 g/mol. The number of methoxy groups -OCH3 is 3. The van der Waals surface area contributed by atoms with Gasteiger partial charge in [-0.3, -0.25) is 28.9 Å². The topological polar surface area (TPSA) is 185 Å². The quantitative estimate of drug-likeness (QED) is 0.124. The molecule has 5 aliphatic rings. The first-order valence-electron chi connectivity index (χ1n) is 21.1. The number of esters is 3. The Morgan fingerprint density at radius 2 is 1.72 bits per heavy atom. The number of aromatic nitrogens is 1. The summed E-state index contributed by atoms with van der Waals surface area (Å²) in [6.45, 7) is 6.47. The first-order valence-corrected chi connectivity index (χ1v) is 21.1. The summed E-state index contributed by atoms with van der Waals surface area (Å²) in [6.07, 6.45) is 5.23. The van der Waals surface area contributed by atoms with Crippen molar-refractivity contribution in [2.24, 2.45) is 11.3 Å². The molecule has 2 amide bonds. The van der Waals surface area contributed by atoms with Crippen LogP contribution in [0.25, 0.3) is 10.9 Å². The van der Waals surface area contributed by atoms with E-state index in [1.165, 1.54) is 26.0 Å². The SMILES string of the molecule is CCC(=O)C[C@@H]1CN(C=O)CCc2c([nH]c3ccccc23)[C@@](C(=O)OC)(c2cc3c(cc2OC)N(C=O)[C@H]2[C@@](O)(C(=O)OC)[C@H](OC(C)=O)[C@]4(CC)C=CCN5CC[C@]32C54)C1. The van der Waals surface area contributed by atoms with Crippen LogP contribution in [0.5, 0.6) is 5.75 Å². The first kappa shape index (κ1) is 42.2. The molecule has 8 rings (SSSR count). The number of Topliss-reactive ketones (excluding diaryl/α,β-unsaturated/α-hetero) is 1. The zero-order chi connectivity index (χ0) is 43.6. The third kappa shape index (κ3) is 5.75. The van der Waals surface area contributed by atoms with Crippen molar-refractivity contribution < 1.29 is 52.8 Å². The molecule has 0 bridgehead atoms. The molecule has 1 spiro atoms. The number of para-hydroxylation sites is 1. The van der Waals surface area contributed by atoms with Crippen molar-refractivity contribution in [3.8, 4) is 5.75 Å². The van der Waals surface area contributed by atoms with Crippen LogP contribution in [0, 0.1) is 11.3 Å². The number of amides is 2. The zero-order valence-electron chi connectivity index (χ0n) is 35.5. The average Bonchev–Trinajstić information content (AvgIpc) is 3.95. The maximum atomic E-state index is 15.3. The Hall–Kier alpha value is -5.54. The standard InChI is InChI=1S/C46H54N4O11/c1-7-29(54)20-28-23-45(41(55)59-5,37-31(14-18-48(24-28)25-51)30-12-9-10-13-34(30)47-37)33-21-32-35(22-36(33)58-4)50(26-52)39-44(32)16-19-49-17-11-15-43(8-2,38(44)49)40(61-27(3)53)46(39,57)42(56)60-6/h9-13,15,21-22,25-26,28,38-40,47,57H,7-8,14,16-20,23-24H2,1-6H3/t28-,38?,39+,40+,43+,44+,45-,46-/m0/s1. The number of ether oxygens (including phenoxy) is 4. The Morgan fingerprint density at radius 3 is 2.38 bits per heavy atom. The van der Waals surface area contributed by atoms with Crippen molar-refractivity contribution in [1.82, 2.24) is 14.8 Å². The van der Waals surface area contributed by atoms with Crippen molar-refractivity contribution in [2.45, 2.75) is 93.9 Å². The van der Waals surface area contributed by atoms with Gasteiger partial charge in [0.25, 0.3) is 0 Å². The molecule has 8 atom stereocenters. The molecule has 324 valence electrons. The molecule has 2 N–H and O–H groups in total. The highest BCUT2D eigenvalue weighted by Gasteiger charge is 2.81. The summed E-state index contributed by atoms with van der Waals surface area (Å²) >= 11 is 0. The number of carbonyl (C=O) groups excluding carboxylic acids is 6. The van der Waals surface area contributed by atoms with Gasteiger partial charge in [0.15, 0.2) is 6.10 Å². The number of benzene rings is 2. The Labute approximate surface area is 354 Å². The molecule has 15 nitrogen and oxygen atoms in total. The summed E-state index contributed by atoms with van der Waals surface area (Å²) in [5.41, 5.74) is -3.23. The van der Waals surface area contributed by atoms with Gasteiger partial charge in [-0.05, 0) is 61.4 Å². The smallest absolute Gasteiger partial charge is 0.344 e. The molecule has 15 heteroatoms. The molecule has 2 fully saturated rings. The maximum absolute atomic E-state index is 15.3. The molecule has 0 radical (unpaired) electrons. The summed E-state index contributed by atoms with van der Waals surface area (Å²) in [7, 11) is 3.93. The second-order valence-corrected chi connectivity index (χ2v) is 17.3. The fourth-order valence-electron chi connectivity index (χ4n) is 12.5. The second kappa shape index (κ2) is 15.4. The molecule has 5 heterocycles. The summed E-state index contributed by atoms with van der Waals surface area (Å²) < 4.78 is 23.5. The van der Waals surface area contributed by atoms with E-state index in [2.05, 4.69) is 9.88 Å². The lowest BCUT2D eigenvalue weighted by Gasteiger charge is -2.63. The normalized spacial score (nSPS) is 31.4. The minimum atomic E-state index is -2.58. The van der Waals surface area contributed by atoms with Gasteiger partial charge < -0.3 is 38.8 Å². The van der Waals surface area contributed by atoms with Crippen LogP contribution >= 0.6 is 0 Å². The van der Waals surface area contributed by atoms with E-state index in [9.17, 15) is 29.1 Å². The van der Waals surface area contributed by atoms with Gasteiger partial charge in [-0.15, -0.1) is 0 Å². The van der Waals surface area contributed by atoms with Crippen LogP contribution in [0.2, 0.25) is 0 Å². The van der Waals surface area contributed by atoms with Crippen LogP contribution in [0.1, 0.15) is 75.3 Å². The fraction of sp³-hybridized carbons (Fsp3) is 0.522.